The summed E-state index contributed by atoms with van der Waals surface area (Å²) in [6.07, 6.45) is 6.19. The summed E-state index contributed by atoms with van der Waals surface area (Å²) in [5.74, 6) is 0.643. The van der Waals surface area contributed by atoms with Gasteiger partial charge in [-0.05, 0) is 53.4 Å². The van der Waals surface area contributed by atoms with Gasteiger partial charge >= 0.3 is 0 Å². The predicted octanol–water partition coefficient (Wildman–Crippen LogP) is 6.75. The van der Waals surface area contributed by atoms with Crippen LogP contribution in [0.2, 0.25) is 0 Å². The Hall–Kier alpha value is -2.62. The number of hydrogen-bond donors (Lipinski definition) is 2. The summed E-state index contributed by atoms with van der Waals surface area (Å²) in [6, 6.07) is 8.22. The molecule has 0 aromatic heterocycles. The molecule has 0 saturated carbocycles. The zero-order valence-corrected chi connectivity index (χ0v) is 21.8. The van der Waals surface area contributed by atoms with Gasteiger partial charge in [0.15, 0.2) is 0 Å². The summed E-state index contributed by atoms with van der Waals surface area (Å²) < 4.78 is 0. The Bertz CT molecular complexity index is 924. The Kier molecular flexibility index (Phi) is 8.88. The smallest absolute Gasteiger partial charge is 0.128 e. The average molecular weight is 451 g/mol. The van der Waals surface area contributed by atoms with Crippen LogP contribution in [-0.2, 0) is 23.7 Å². The molecule has 2 aromatic rings. The van der Waals surface area contributed by atoms with Gasteiger partial charge in [-0.2, -0.15) is 0 Å². The highest BCUT2D eigenvalue weighted by molar-refractivity contribution is 5.85. The highest BCUT2D eigenvalue weighted by Crippen LogP contribution is 2.35. The third-order valence-corrected chi connectivity index (χ3v) is 5.87. The van der Waals surface area contributed by atoms with Crippen LogP contribution in [0.3, 0.4) is 0 Å². The summed E-state index contributed by atoms with van der Waals surface area (Å²) in [5.41, 5.74) is 5.62. The Morgan fingerprint density at radius 2 is 1.03 bits per heavy atom. The van der Waals surface area contributed by atoms with Crippen molar-refractivity contribution in [3.8, 4) is 11.5 Å². The Morgan fingerprint density at radius 3 is 1.33 bits per heavy atom. The van der Waals surface area contributed by atoms with Crippen molar-refractivity contribution in [2.24, 2.45) is 9.98 Å². The third-order valence-electron chi connectivity index (χ3n) is 5.87. The number of rotatable bonds is 8. The maximum Gasteiger partial charge on any atom is 0.128 e. The molecule has 2 rings (SSSR count). The number of phenolic OH excluding ortho intramolecular Hbond substituents is 2. The van der Waals surface area contributed by atoms with E-state index < -0.39 is 0 Å². The van der Waals surface area contributed by atoms with Crippen LogP contribution < -0.4 is 0 Å². The van der Waals surface area contributed by atoms with Gasteiger partial charge in [-0.3, -0.25) is 9.98 Å². The van der Waals surface area contributed by atoms with E-state index in [9.17, 15) is 10.2 Å². The van der Waals surface area contributed by atoms with Gasteiger partial charge in [-0.25, -0.2) is 0 Å². The number of nitrogens with zero attached hydrogens (tertiary/aromatic N) is 2. The van der Waals surface area contributed by atoms with Crippen molar-refractivity contribution < 1.29 is 10.2 Å². The molecule has 0 fully saturated rings. The van der Waals surface area contributed by atoms with Gasteiger partial charge < -0.3 is 10.2 Å². The van der Waals surface area contributed by atoms with Crippen molar-refractivity contribution in [1.29, 1.82) is 0 Å². The Morgan fingerprint density at radius 1 is 0.667 bits per heavy atom. The average Bonchev–Trinajstić information content (AvgIpc) is 2.73. The van der Waals surface area contributed by atoms with Crippen LogP contribution in [-0.4, -0.2) is 35.7 Å². The molecule has 0 heterocycles. The molecule has 33 heavy (non-hydrogen) atoms. The van der Waals surface area contributed by atoms with Crippen molar-refractivity contribution in [3.05, 3.63) is 57.6 Å². The summed E-state index contributed by atoms with van der Waals surface area (Å²) in [7, 11) is 0. The third kappa shape index (κ3) is 7.18. The van der Waals surface area contributed by atoms with Crippen LogP contribution in [0.5, 0.6) is 11.5 Å². The fourth-order valence-corrected chi connectivity index (χ4v) is 3.77. The molecule has 0 aliphatic heterocycles. The summed E-state index contributed by atoms with van der Waals surface area (Å²) >= 11 is 0. The number of phenols is 2. The van der Waals surface area contributed by atoms with Gasteiger partial charge in [0.05, 0.1) is 0 Å². The number of aromatic hydroxyl groups is 2. The van der Waals surface area contributed by atoms with Crippen molar-refractivity contribution in [2.75, 3.05) is 13.1 Å². The van der Waals surface area contributed by atoms with Gasteiger partial charge in [-0.15, -0.1) is 0 Å². The van der Waals surface area contributed by atoms with E-state index in [2.05, 4.69) is 77.5 Å². The van der Waals surface area contributed by atoms with E-state index >= 15 is 0 Å². The minimum Gasteiger partial charge on any atom is -0.507 e. The highest BCUT2D eigenvalue weighted by Gasteiger charge is 2.21. The van der Waals surface area contributed by atoms with Crippen LogP contribution >= 0.6 is 0 Å². The predicted molar refractivity (Wildman–Crippen MR) is 142 cm³/mol. The minimum atomic E-state index is -0.125. The first-order valence-electron chi connectivity index (χ1n) is 12.1. The minimum absolute atomic E-state index is 0.125. The molecule has 0 atom stereocenters. The molecule has 4 heteroatoms. The quantitative estimate of drug-likeness (QED) is 0.345. The van der Waals surface area contributed by atoms with Gasteiger partial charge in [0.2, 0.25) is 0 Å². The highest BCUT2D eigenvalue weighted by atomic mass is 16.3. The first-order chi connectivity index (χ1) is 15.4. The molecule has 0 radical (unpaired) electrons. The molecular weight excluding hydrogens is 408 g/mol. The second-order valence-electron chi connectivity index (χ2n) is 10.8. The molecule has 0 unspecified atom stereocenters. The molecule has 4 nitrogen and oxygen atoms in total. The molecule has 0 spiro atoms. The molecule has 0 bridgehead atoms. The molecule has 0 saturated heterocycles. The number of aryl methyl sites for hydroxylation is 2. The van der Waals surface area contributed by atoms with E-state index in [0.717, 1.165) is 41.5 Å². The van der Waals surface area contributed by atoms with Crippen LogP contribution in [0.15, 0.2) is 34.3 Å². The van der Waals surface area contributed by atoms with E-state index in [1.165, 1.54) is 11.1 Å². The lowest BCUT2D eigenvalue weighted by atomic mass is 9.84. The largest absolute Gasteiger partial charge is 0.507 e. The molecule has 0 aliphatic rings. The fourth-order valence-electron chi connectivity index (χ4n) is 3.77. The molecule has 2 N–H and O–H groups in total. The lowest BCUT2D eigenvalue weighted by Crippen LogP contribution is -2.13. The molecule has 2 aromatic carbocycles. The van der Waals surface area contributed by atoms with Gasteiger partial charge in [0.25, 0.3) is 0 Å². The first-order valence-corrected chi connectivity index (χ1v) is 12.1. The Labute approximate surface area is 200 Å². The van der Waals surface area contributed by atoms with Crippen molar-refractivity contribution in [2.45, 2.75) is 85.5 Å². The van der Waals surface area contributed by atoms with E-state index in [1.807, 2.05) is 12.1 Å². The monoisotopic (exact) mass is 450 g/mol. The van der Waals surface area contributed by atoms with Gasteiger partial charge in [0, 0.05) is 47.8 Å². The van der Waals surface area contributed by atoms with E-state index in [-0.39, 0.29) is 10.8 Å². The first kappa shape index (κ1) is 26.6. The van der Waals surface area contributed by atoms with Gasteiger partial charge in [0.1, 0.15) is 11.5 Å². The maximum absolute atomic E-state index is 10.7. The topological polar surface area (TPSA) is 65.2 Å². The standard InChI is InChI=1S/C29H42N2O2/c1-9-20-14-22(26(32)24(16-20)28(3,4)5)18-30-12-11-13-31-19-23-15-21(10-2)17-25(27(23)33)29(6,7)8/h14-19,32-33H,9-13H2,1-8H3. The zero-order valence-electron chi connectivity index (χ0n) is 21.8. The summed E-state index contributed by atoms with van der Waals surface area (Å²) in [5, 5.41) is 21.4. The fraction of sp³-hybridized carbons (Fsp3) is 0.517. The van der Waals surface area contributed by atoms with E-state index in [0.29, 0.717) is 24.6 Å². The lowest BCUT2D eigenvalue weighted by molar-refractivity contribution is 0.445. The molecule has 0 aliphatic carbocycles. The van der Waals surface area contributed by atoms with Gasteiger partial charge in [-0.1, -0.05) is 67.5 Å². The summed E-state index contributed by atoms with van der Waals surface area (Å²) in [4.78, 5) is 9.06. The van der Waals surface area contributed by atoms with Crippen molar-refractivity contribution in [1.82, 2.24) is 0 Å². The molecule has 0 amide bonds. The van der Waals surface area contributed by atoms with E-state index in [1.54, 1.807) is 12.4 Å². The van der Waals surface area contributed by atoms with Crippen molar-refractivity contribution in [3.63, 3.8) is 0 Å². The van der Waals surface area contributed by atoms with Crippen LogP contribution in [0, 0.1) is 0 Å². The lowest BCUT2D eigenvalue weighted by Gasteiger charge is -2.22. The number of benzene rings is 2. The second kappa shape index (κ2) is 11.0. The van der Waals surface area contributed by atoms with E-state index in [4.69, 9.17) is 0 Å². The Balaban J connectivity index is 2.05. The SMILES string of the molecule is CCc1cc(C=NCCCN=Cc2cc(CC)cc(C(C)(C)C)c2O)c(O)c(C(C)(C)C)c1. The second-order valence-corrected chi connectivity index (χ2v) is 10.8. The maximum atomic E-state index is 10.7. The molecular formula is C29H42N2O2. The van der Waals surface area contributed by atoms with Crippen LogP contribution in [0.4, 0.5) is 0 Å². The number of aliphatic imine (C=N–C) groups is 2. The van der Waals surface area contributed by atoms with Crippen molar-refractivity contribution >= 4 is 12.4 Å². The zero-order chi connectivity index (χ0) is 24.8. The summed E-state index contributed by atoms with van der Waals surface area (Å²) in [6.45, 7) is 18.2. The number of hydrogen-bond acceptors (Lipinski definition) is 4. The molecule has 180 valence electrons. The normalized spacial score (nSPS) is 12.8. The van der Waals surface area contributed by atoms with Crippen LogP contribution in [0.1, 0.15) is 95.2 Å². The van der Waals surface area contributed by atoms with Crippen LogP contribution in [0.25, 0.3) is 0 Å².